The van der Waals surface area contributed by atoms with Gasteiger partial charge in [-0.3, -0.25) is 4.79 Å². The molecule has 0 saturated carbocycles. The highest BCUT2D eigenvalue weighted by atomic mass is 19.1. The molecule has 0 radical (unpaired) electrons. The zero-order valence-electron chi connectivity index (χ0n) is 11.3. The highest BCUT2D eigenvalue weighted by Gasteiger charge is 2.24. The Kier molecular flexibility index (Phi) is 3.43. The molecule has 0 saturated heterocycles. The average molecular weight is 287 g/mol. The molecule has 0 unspecified atom stereocenters. The third-order valence-corrected chi connectivity index (χ3v) is 3.39. The Labute approximate surface area is 121 Å². The molecular formula is C15H14FN3O2. The topological polar surface area (TPSA) is 68.5 Å². The first-order valence-electron chi connectivity index (χ1n) is 6.57. The fraction of sp³-hybridized carbons (Fsp3) is 0.200. The molecule has 2 heterocycles. The van der Waals surface area contributed by atoms with Crippen molar-refractivity contribution in [3.05, 3.63) is 53.5 Å². The summed E-state index contributed by atoms with van der Waals surface area (Å²) in [4.78, 5) is 17.7. The summed E-state index contributed by atoms with van der Waals surface area (Å²) in [6.07, 6.45) is 1.33. The number of ether oxygens (including phenoxy) is 1. The summed E-state index contributed by atoms with van der Waals surface area (Å²) in [5.74, 6) is -0.710. The van der Waals surface area contributed by atoms with E-state index in [2.05, 4.69) is 4.98 Å². The number of hydrogen-bond acceptors (Lipinski definition) is 4. The number of carbonyl (C=O) groups is 1. The van der Waals surface area contributed by atoms with E-state index in [4.69, 9.17) is 10.5 Å². The first kappa shape index (κ1) is 13.4. The van der Waals surface area contributed by atoms with Gasteiger partial charge < -0.3 is 15.4 Å². The number of amides is 1. The van der Waals surface area contributed by atoms with Crippen molar-refractivity contribution < 1.29 is 13.9 Å². The largest absolute Gasteiger partial charge is 0.491 e. The summed E-state index contributed by atoms with van der Waals surface area (Å²) in [6.45, 7) is 1.12. The van der Waals surface area contributed by atoms with E-state index in [1.807, 2.05) is 24.3 Å². The van der Waals surface area contributed by atoms with Crippen LogP contribution in [0.2, 0.25) is 0 Å². The number of carbonyl (C=O) groups excluding carboxylic acids is 1. The van der Waals surface area contributed by atoms with Gasteiger partial charge in [-0.05, 0) is 12.1 Å². The van der Waals surface area contributed by atoms with Gasteiger partial charge in [0.05, 0.1) is 12.1 Å². The monoisotopic (exact) mass is 287 g/mol. The van der Waals surface area contributed by atoms with Crippen LogP contribution in [0.15, 0.2) is 36.5 Å². The van der Waals surface area contributed by atoms with Crippen molar-refractivity contribution in [2.45, 2.75) is 6.54 Å². The molecule has 0 atom stereocenters. The fourth-order valence-corrected chi connectivity index (χ4v) is 2.29. The van der Waals surface area contributed by atoms with Crippen molar-refractivity contribution >= 4 is 11.7 Å². The lowest BCUT2D eigenvalue weighted by Gasteiger charge is -2.20. The molecule has 3 rings (SSSR count). The van der Waals surface area contributed by atoms with Crippen LogP contribution in [-0.2, 0) is 6.54 Å². The molecule has 1 aromatic carbocycles. The van der Waals surface area contributed by atoms with E-state index in [-0.39, 0.29) is 11.4 Å². The Hall–Kier alpha value is -2.63. The summed E-state index contributed by atoms with van der Waals surface area (Å²) < 4.78 is 19.5. The van der Waals surface area contributed by atoms with Gasteiger partial charge in [-0.25, -0.2) is 9.37 Å². The molecule has 0 fully saturated rings. The maximum Gasteiger partial charge on any atom is 0.257 e. The summed E-state index contributed by atoms with van der Waals surface area (Å²) in [7, 11) is 0. The van der Waals surface area contributed by atoms with E-state index < -0.39 is 11.7 Å². The number of rotatable bonds is 1. The Morgan fingerprint density at radius 2 is 2.14 bits per heavy atom. The molecule has 1 aliphatic heterocycles. The van der Waals surface area contributed by atoms with Crippen LogP contribution in [-0.4, -0.2) is 28.9 Å². The summed E-state index contributed by atoms with van der Waals surface area (Å²) in [5, 5.41) is 0. The van der Waals surface area contributed by atoms with E-state index in [1.54, 1.807) is 4.90 Å². The number of para-hydroxylation sites is 1. The number of pyridine rings is 1. The van der Waals surface area contributed by atoms with Gasteiger partial charge >= 0.3 is 0 Å². The number of anilines is 1. The molecule has 0 aliphatic carbocycles. The summed E-state index contributed by atoms with van der Waals surface area (Å²) >= 11 is 0. The van der Waals surface area contributed by atoms with Gasteiger partial charge in [0.15, 0.2) is 11.6 Å². The molecule has 0 bridgehead atoms. The third kappa shape index (κ3) is 2.52. The molecule has 2 N–H and O–H groups in total. The Morgan fingerprint density at radius 1 is 1.33 bits per heavy atom. The molecular weight excluding hydrogens is 273 g/mol. The van der Waals surface area contributed by atoms with Gasteiger partial charge in [0.25, 0.3) is 5.91 Å². The predicted molar refractivity (Wildman–Crippen MR) is 75.3 cm³/mol. The molecule has 1 aromatic heterocycles. The van der Waals surface area contributed by atoms with Crippen molar-refractivity contribution in [3.63, 3.8) is 0 Å². The zero-order valence-corrected chi connectivity index (χ0v) is 11.3. The van der Waals surface area contributed by atoms with Crippen molar-refractivity contribution in [2.24, 2.45) is 0 Å². The lowest BCUT2D eigenvalue weighted by molar-refractivity contribution is 0.0728. The van der Waals surface area contributed by atoms with Crippen LogP contribution in [0.3, 0.4) is 0 Å². The van der Waals surface area contributed by atoms with Crippen LogP contribution in [0.1, 0.15) is 15.9 Å². The van der Waals surface area contributed by atoms with Gasteiger partial charge in [0.1, 0.15) is 12.4 Å². The van der Waals surface area contributed by atoms with Crippen molar-refractivity contribution in [3.8, 4) is 5.75 Å². The van der Waals surface area contributed by atoms with Crippen molar-refractivity contribution in [2.75, 3.05) is 18.9 Å². The van der Waals surface area contributed by atoms with Crippen molar-refractivity contribution in [1.82, 2.24) is 9.88 Å². The van der Waals surface area contributed by atoms with E-state index in [0.717, 1.165) is 11.3 Å². The fourth-order valence-electron chi connectivity index (χ4n) is 2.29. The number of aromatic nitrogens is 1. The van der Waals surface area contributed by atoms with Gasteiger partial charge in [-0.15, -0.1) is 0 Å². The van der Waals surface area contributed by atoms with Crippen LogP contribution >= 0.6 is 0 Å². The summed E-state index contributed by atoms with van der Waals surface area (Å²) in [6, 6.07) is 8.83. The van der Waals surface area contributed by atoms with E-state index in [1.165, 1.54) is 12.3 Å². The molecule has 21 heavy (non-hydrogen) atoms. The van der Waals surface area contributed by atoms with Crippen LogP contribution in [0.4, 0.5) is 10.2 Å². The minimum Gasteiger partial charge on any atom is -0.491 e. The number of nitrogens with zero attached hydrogens (tertiary/aromatic N) is 2. The maximum absolute atomic E-state index is 13.9. The quantitative estimate of drug-likeness (QED) is 0.869. The SMILES string of the molecule is Nc1nccc(C(=O)N2CCOc3ccccc3C2)c1F. The Balaban J connectivity index is 1.90. The van der Waals surface area contributed by atoms with Gasteiger partial charge in [-0.1, -0.05) is 18.2 Å². The second kappa shape index (κ2) is 5.40. The smallest absolute Gasteiger partial charge is 0.257 e. The number of halogens is 1. The van der Waals surface area contributed by atoms with Crippen LogP contribution in [0.25, 0.3) is 0 Å². The van der Waals surface area contributed by atoms with Gasteiger partial charge in [0, 0.05) is 18.3 Å². The molecule has 2 aromatic rings. The van der Waals surface area contributed by atoms with E-state index in [9.17, 15) is 9.18 Å². The number of nitrogen functional groups attached to an aromatic ring is 1. The Bertz CT molecular complexity index is 690. The first-order chi connectivity index (χ1) is 10.2. The number of benzene rings is 1. The lowest BCUT2D eigenvalue weighted by atomic mass is 10.1. The normalized spacial score (nSPS) is 14.0. The second-order valence-electron chi connectivity index (χ2n) is 4.74. The average Bonchev–Trinajstić information content (AvgIpc) is 2.71. The van der Waals surface area contributed by atoms with Gasteiger partial charge in [-0.2, -0.15) is 0 Å². The second-order valence-corrected chi connectivity index (χ2v) is 4.74. The maximum atomic E-state index is 13.9. The third-order valence-electron chi connectivity index (χ3n) is 3.39. The van der Waals surface area contributed by atoms with E-state index in [0.29, 0.717) is 19.7 Å². The lowest BCUT2D eigenvalue weighted by Crippen LogP contribution is -2.33. The summed E-state index contributed by atoms with van der Waals surface area (Å²) in [5.41, 5.74) is 6.24. The molecule has 5 nitrogen and oxygen atoms in total. The predicted octanol–water partition coefficient (Wildman–Crippen LogP) is 1.84. The molecule has 1 aliphatic rings. The first-order valence-corrected chi connectivity index (χ1v) is 6.57. The van der Waals surface area contributed by atoms with Crippen LogP contribution in [0.5, 0.6) is 5.75 Å². The van der Waals surface area contributed by atoms with Crippen molar-refractivity contribution in [1.29, 1.82) is 0 Å². The Morgan fingerprint density at radius 3 is 3.00 bits per heavy atom. The van der Waals surface area contributed by atoms with Gasteiger partial charge in [0.2, 0.25) is 0 Å². The number of fused-ring (bicyclic) bond motifs is 1. The van der Waals surface area contributed by atoms with E-state index >= 15 is 0 Å². The number of hydrogen-bond donors (Lipinski definition) is 1. The van der Waals surface area contributed by atoms with Crippen LogP contribution in [0, 0.1) is 5.82 Å². The minimum absolute atomic E-state index is 0.0677. The standard InChI is InChI=1S/C15H14FN3O2/c16-13-11(5-6-18-14(13)17)15(20)19-7-8-21-12-4-2-1-3-10(12)9-19/h1-6H,7-9H2,(H2,17,18). The van der Waals surface area contributed by atoms with Crippen LogP contribution < -0.4 is 10.5 Å². The molecule has 1 amide bonds. The highest BCUT2D eigenvalue weighted by Crippen LogP contribution is 2.24. The molecule has 0 spiro atoms. The molecule has 108 valence electrons. The molecule has 6 heteroatoms. The zero-order chi connectivity index (χ0) is 14.8. The minimum atomic E-state index is -0.777. The highest BCUT2D eigenvalue weighted by molar-refractivity contribution is 5.95. The number of nitrogens with two attached hydrogens (primary N) is 1.